The van der Waals surface area contributed by atoms with Crippen LogP contribution in [0.15, 0.2) is 29.7 Å². The smallest absolute Gasteiger partial charge is 0.131 e. The van der Waals surface area contributed by atoms with E-state index in [1.807, 2.05) is 13.8 Å². The Bertz CT molecular complexity index is 753. The summed E-state index contributed by atoms with van der Waals surface area (Å²) in [5.41, 5.74) is 9.44. The molecule has 3 N–H and O–H groups in total. The molecule has 0 saturated heterocycles. The molecule has 21 heavy (non-hydrogen) atoms. The van der Waals surface area contributed by atoms with Gasteiger partial charge in [0, 0.05) is 22.1 Å². The van der Waals surface area contributed by atoms with Gasteiger partial charge in [-0.3, -0.25) is 0 Å². The molecule has 0 aliphatic heterocycles. The van der Waals surface area contributed by atoms with Gasteiger partial charge in [-0.25, -0.2) is 9.97 Å². The molecule has 1 aliphatic rings. The minimum atomic E-state index is -0.530. The standard InChI is InChI=1S/C15H16N4O2/c1-15(2)11-12(17-7-18-14(11)16)9-5-4-8(20)6-10(9)13(15)19-21-3/h4-7,20H,1-3H3,(H2,16,17,18)/b19-13+. The number of hydrogen-bond acceptors (Lipinski definition) is 6. The van der Waals surface area contributed by atoms with E-state index in [1.165, 1.54) is 13.4 Å². The summed E-state index contributed by atoms with van der Waals surface area (Å²) in [4.78, 5) is 13.5. The Labute approximate surface area is 122 Å². The minimum absolute atomic E-state index is 0.166. The lowest BCUT2D eigenvalue weighted by molar-refractivity contribution is 0.211. The van der Waals surface area contributed by atoms with Crippen molar-refractivity contribution in [3.8, 4) is 17.0 Å². The van der Waals surface area contributed by atoms with Crippen LogP contribution in [-0.2, 0) is 10.3 Å². The van der Waals surface area contributed by atoms with E-state index in [0.717, 1.165) is 22.4 Å². The number of nitrogens with two attached hydrogens (primary N) is 1. The Balaban J connectivity index is 2.44. The summed E-state index contributed by atoms with van der Waals surface area (Å²) in [5, 5.41) is 13.9. The quantitative estimate of drug-likeness (QED) is 0.782. The topological polar surface area (TPSA) is 93.6 Å². The van der Waals surface area contributed by atoms with Gasteiger partial charge in [0.1, 0.15) is 25.0 Å². The largest absolute Gasteiger partial charge is 0.508 e. The molecule has 6 nitrogen and oxygen atoms in total. The SMILES string of the molecule is CO/N=C1\c2cc(O)ccc2-c2ncnc(N)c2C1(C)C. The Morgan fingerprint density at radius 3 is 2.71 bits per heavy atom. The van der Waals surface area contributed by atoms with Gasteiger partial charge in [-0.05, 0) is 32.0 Å². The lowest BCUT2D eigenvalue weighted by atomic mass is 9.70. The van der Waals surface area contributed by atoms with E-state index in [0.29, 0.717) is 11.5 Å². The Morgan fingerprint density at radius 2 is 2.00 bits per heavy atom. The maximum Gasteiger partial charge on any atom is 0.131 e. The van der Waals surface area contributed by atoms with Gasteiger partial charge in [0.25, 0.3) is 0 Å². The number of aromatic nitrogens is 2. The predicted molar refractivity (Wildman–Crippen MR) is 80.1 cm³/mol. The number of rotatable bonds is 1. The lowest BCUT2D eigenvalue weighted by Crippen LogP contribution is -2.36. The summed E-state index contributed by atoms with van der Waals surface area (Å²) >= 11 is 0. The number of benzene rings is 1. The van der Waals surface area contributed by atoms with Crippen LogP contribution in [0, 0.1) is 0 Å². The van der Waals surface area contributed by atoms with Gasteiger partial charge >= 0.3 is 0 Å². The van der Waals surface area contributed by atoms with Gasteiger partial charge in [-0.2, -0.15) is 0 Å². The van der Waals surface area contributed by atoms with E-state index in [-0.39, 0.29) is 5.75 Å². The Kier molecular flexibility index (Phi) is 2.83. The molecule has 0 bridgehead atoms. The van der Waals surface area contributed by atoms with Gasteiger partial charge in [-0.1, -0.05) is 5.16 Å². The molecule has 0 fully saturated rings. The van der Waals surface area contributed by atoms with Crippen molar-refractivity contribution in [2.24, 2.45) is 5.16 Å². The molecule has 1 aromatic carbocycles. The van der Waals surface area contributed by atoms with E-state index < -0.39 is 5.41 Å². The van der Waals surface area contributed by atoms with Crippen molar-refractivity contribution < 1.29 is 9.94 Å². The van der Waals surface area contributed by atoms with Crippen LogP contribution in [0.5, 0.6) is 5.75 Å². The molecule has 1 aliphatic carbocycles. The van der Waals surface area contributed by atoms with E-state index in [9.17, 15) is 5.11 Å². The molecule has 0 atom stereocenters. The third kappa shape index (κ3) is 1.83. The fourth-order valence-electron chi connectivity index (χ4n) is 2.86. The monoisotopic (exact) mass is 284 g/mol. The third-order valence-corrected chi connectivity index (χ3v) is 3.79. The predicted octanol–water partition coefficient (Wildman–Crippen LogP) is 2.07. The zero-order valence-electron chi connectivity index (χ0n) is 12.1. The van der Waals surface area contributed by atoms with Gasteiger partial charge in [-0.15, -0.1) is 0 Å². The number of oxime groups is 1. The first-order valence-corrected chi connectivity index (χ1v) is 6.53. The average molecular weight is 284 g/mol. The molecule has 6 heteroatoms. The van der Waals surface area contributed by atoms with Crippen molar-refractivity contribution in [1.29, 1.82) is 0 Å². The number of nitrogen functional groups attached to an aromatic ring is 1. The number of anilines is 1. The molecule has 0 spiro atoms. The van der Waals surface area contributed by atoms with Crippen LogP contribution in [-0.4, -0.2) is 27.9 Å². The summed E-state index contributed by atoms with van der Waals surface area (Å²) < 4.78 is 0. The van der Waals surface area contributed by atoms with E-state index in [2.05, 4.69) is 15.1 Å². The second-order valence-electron chi connectivity index (χ2n) is 5.46. The molecular weight excluding hydrogens is 268 g/mol. The summed E-state index contributed by atoms with van der Waals surface area (Å²) in [5.74, 6) is 0.589. The van der Waals surface area contributed by atoms with Crippen LogP contribution in [0.2, 0.25) is 0 Å². The highest BCUT2D eigenvalue weighted by Gasteiger charge is 2.40. The number of phenols is 1. The van der Waals surface area contributed by atoms with Crippen LogP contribution < -0.4 is 5.73 Å². The van der Waals surface area contributed by atoms with Crippen LogP contribution in [0.4, 0.5) is 5.82 Å². The first kappa shape index (κ1) is 13.4. The number of fused-ring (bicyclic) bond motifs is 3. The van der Waals surface area contributed by atoms with Crippen LogP contribution in [0.1, 0.15) is 25.0 Å². The molecule has 2 aromatic rings. The van der Waals surface area contributed by atoms with E-state index in [4.69, 9.17) is 10.6 Å². The second-order valence-corrected chi connectivity index (χ2v) is 5.46. The van der Waals surface area contributed by atoms with Crippen molar-refractivity contribution in [3.63, 3.8) is 0 Å². The van der Waals surface area contributed by atoms with Crippen molar-refractivity contribution in [1.82, 2.24) is 9.97 Å². The first-order chi connectivity index (χ1) is 9.96. The summed E-state index contributed by atoms with van der Waals surface area (Å²) in [6.07, 6.45) is 1.44. The molecule has 0 saturated carbocycles. The fourth-order valence-corrected chi connectivity index (χ4v) is 2.86. The van der Waals surface area contributed by atoms with Crippen LogP contribution in [0.3, 0.4) is 0 Å². The fraction of sp³-hybridized carbons (Fsp3) is 0.267. The summed E-state index contributed by atoms with van der Waals surface area (Å²) in [7, 11) is 1.49. The molecule has 108 valence electrons. The molecule has 0 radical (unpaired) electrons. The molecule has 3 rings (SSSR count). The molecule has 1 aromatic heterocycles. The number of phenolic OH excluding ortho intramolecular Hbond substituents is 1. The molecule has 1 heterocycles. The third-order valence-electron chi connectivity index (χ3n) is 3.79. The van der Waals surface area contributed by atoms with Crippen LogP contribution >= 0.6 is 0 Å². The molecule has 0 amide bonds. The van der Waals surface area contributed by atoms with Gasteiger partial charge in [0.2, 0.25) is 0 Å². The maximum atomic E-state index is 9.79. The average Bonchev–Trinajstić information content (AvgIpc) is 2.43. The van der Waals surface area contributed by atoms with Crippen molar-refractivity contribution in [3.05, 3.63) is 35.7 Å². The van der Waals surface area contributed by atoms with Gasteiger partial charge in [0.05, 0.1) is 11.4 Å². The highest BCUT2D eigenvalue weighted by molar-refractivity contribution is 6.15. The Hall–Kier alpha value is -2.63. The summed E-state index contributed by atoms with van der Waals surface area (Å²) in [6, 6.07) is 5.08. The van der Waals surface area contributed by atoms with Gasteiger partial charge < -0.3 is 15.7 Å². The Morgan fingerprint density at radius 1 is 1.24 bits per heavy atom. The lowest BCUT2D eigenvalue weighted by Gasteiger charge is -2.34. The zero-order valence-corrected chi connectivity index (χ0v) is 12.1. The highest BCUT2D eigenvalue weighted by atomic mass is 16.6. The summed E-state index contributed by atoms with van der Waals surface area (Å²) in [6.45, 7) is 3.97. The van der Waals surface area contributed by atoms with Gasteiger partial charge in [0.15, 0.2) is 0 Å². The van der Waals surface area contributed by atoms with Crippen LogP contribution in [0.25, 0.3) is 11.3 Å². The van der Waals surface area contributed by atoms with Crippen molar-refractivity contribution in [2.75, 3.05) is 12.8 Å². The minimum Gasteiger partial charge on any atom is -0.508 e. The second kappa shape index (κ2) is 4.44. The molecular formula is C15H16N4O2. The molecule has 0 unspecified atom stereocenters. The number of hydrogen-bond donors (Lipinski definition) is 2. The first-order valence-electron chi connectivity index (χ1n) is 6.53. The van der Waals surface area contributed by atoms with Crippen molar-refractivity contribution >= 4 is 11.5 Å². The van der Waals surface area contributed by atoms with E-state index >= 15 is 0 Å². The van der Waals surface area contributed by atoms with Crippen molar-refractivity contribution in [2.45, 2.75) is 19.3 Å². The normalized spacial score (nSPS) is 17.2. The zero-order chi connectivity index (χ0) is 15.2. The highest BCUT2D eigenvalue weighted by Crippen LogP contribution is 2.45. The van der Waals surface area contributed by atoms with E-state index in [1.54, 1.807) is 18.2 Å². The maximum absolute atomic E-state index is 9.79. The number of nitrogens with zero attached hydrogens (tertiary/aromatic N) is 3. The number of aromatic hydroxyl groups is 1.